The number of nitrogens with one attached hydrogen (secondary N) is 1. The van der Waals surface area contributed by atoms with Crippen molar-refractivity contribution in [2.24, 2.45) is 0 Å². The largest absolute Gasteiger partial charge is 0.471 e. The summed E-state index contributed by atoms with van der Waals surface area (Å²) in [5.74, 6) is -3.25. The normalized spacial score (nSPS) is 17.9. The van der Waals surface area contributed by atoms with Crippen LogP contribution in [0.1, 0.15) is 64.7 Å². The quantitative estimate of drug-likeness (QED) is 0.737. The van der Waals surface area contributed by atoms with E-state index in [1.54, 1.807) is 20.8 Å². The van der Waals surface area contributed by atoms with Gasteiger partial charge in [0.1, 0.15) is 0 Å². The minimum atomic E-state index is -4.94. The summed E-state index contributed by atoms with van der Waals surface area (Å²) < 4.78 is 37.1. The fourth-order valence-corrected chi connectivity index (χ4v) is 3.66. The first-order valence-electron chi connectivity index (χ1n) is 9.50. The highest BCUT2D eigenvalue weighted by atomic mass is 19.4. The molecule has 1 N–H and O–H groups in total. The van der Waals surface area contributed by atoms with E-state index < -0.39 is 35.5 Å². The van der Waals surface area contributed by atoms with E-state index in [9.17, 15) is 32.3 Å². The summed E-state index contributed by atoms with van der Waals surface area (Å²) in [5.41, 5.74) is -0.0864. The average Bonchev–Trinajstić information content (AvgIpc) is 2.91. The van der Waals surface area contributed by atoms with Gasteiger partial charge in [0, 0.05) is 30.2 Å². The molecule has 0 atom stereocenters. The Labute approximate surface area is 171 Å². The average molecular weight is 425 g/mol. The highest BCUT2D eigenvalue weighted by Crippen LogP contribution is 2.30. The number of benzene rings is 1. The van der Waals surface area contributed by atoms with Gasteiger partial charge in [0.25, 0.3) is 17.7 Å². The van der Waals surface area contributed by atoms with E-state index >= 15 is 0 Å². The first kappa shape index (κ1) is 21.8. The van der Waals surface area contributed by atoms with Crippen LogP contribution in [-0.2, 0) is 4.79 Å². The van der Waals surface area contributed by atoms with Crippen LogP contribution in [0.5, 0.6) is 0 Å². The molecule has 0 aromatic heterocycles. The van der Waals surface area contributed by atoms with Gasteiger partial charge in [-0.3, -0.25) is 24.1 Å². The summed E-state index contributed by atoms with van der Waals surface area (Å²) >= 11 is 0. The molecule has 0 aliphatic carbocycles. The van der Waals surface area contributed by atoms with Gasteiger partial charge in [0.2, 0.25) is 0 Å². The number of nitrogens with zero attached hydrogens (tertiary/aromatic N) is 2. The molecular formula is C20H22F3N3O4. The third-order valence-electron chi connectivity index (χ3n) is 5.18. The molecule has 4 amide bonds. The zero-order valence-electron chi connectivity index (χ0n) is 16.8. The zero-order chi connectivity index (χ0) is 22.4. The highest BCUT2D eigenvalue weighted by Gasteiger charge is 2.43. The zero-order valence-corrected chi connectivity index (χ0v) is 16.8. The Hall–Kier alpha value is -2.91. The lowest BCUT2D eigenvalue weighted by atomic mass is 10.0. The van der Waals surface area contributed by atoms with Gasteiger partial charge in [-0.2, -0.15) is 13.2 Å². The number of carbonyl (C=O) groups is 4. The second-order valence-electron chi connectivity index (χ2n) is 8.41. The molecule has 1 aromatic rings. The van der Waals surface area contributed by atoms with E-state index in [2.05, 4.69) is 0 Å². The smallest absolute Gasteiger partial charge is 0.345 e. The van der Waals surface area contributed by atoms with Crippen molar-refractivity contribution in [3.05, 3.63) is 34.9 Å². The predicted molar refractivity (Wildman–Crippen MR) is 99.8 cm³/mol. The van der Waals surface area contributed by atoms with Crippen molar-refractivity contribution < 1.29 is 32.3 Å². The molecule has 10 heteroatoms. The third kappa shape index (κ3) is 4.03. The number of amides is 4. The first-order chi connectivity index (χ1) is 13.8. The monoisotopic (exact) mass is 425 g/mol. The van der Waals surface area contributed by atoms with Gasteiger partial charge >= 0.3 is 12.1 Å². The van der Waals surface area contributed by atoms with Crippen LogP contribution in [0.3, 0.4) is 0 Å². The van der Waals surface area contributed by atoms with Crippen LogP contribution in [0, 0.1) is 0 Å². The Morgan fingerprint density at radius 2 is 1.57 bits per heavy atom. The number of halogens is 3. The molecule has 1 fully saturated rings. The van der Waals surface area contributed by atoms with Gasteiger partial charge in [-0.15, -0.1) is 0 Å². The van der Waals surface area contributed by atoms with Crippen LogP contribution in [0.2, 0.25) is 0 Å². The Morgan fingerprint density at radius 3 is 2.10 bits per heavy atom. The van der Waals surface area contributed by atoms with Gasteiger partial charge in [-0.1, -0.05) is 0 Å². The summed E-state index contributed by atoms with van der Waals surface area (Å²) in [6.45, 7) is 5.55. The molecule has 30 heavy (non-hydrogen) atoms. The summed E-state index contributed by atoms with van der Waals surface area (Å²) in [5, 5.41) is 1.93. The van der Waals surface area contributed by atoms with E-state index in [1.807, 2.05) is 5.32 Å². The predicted octanol–water partition coefficient (Wildman–Crippen LogP) is 2.36. The van der Waals surface area contributed by atoms with E-state index in [1.165, 1.54) is 23.1 Å². The van der Waals surface area contributed by atoms with Gasteiger partial charge in [-0.05, 0) is 51.8 Å². The number of likely N-dealkylation sites (tertiary alicyclic amines) is 1. The minimum absolute atomic E-state index is 0.160. The Bertz CT molecular complexity index is 913. The number of alkyl halides is 3. The van der Waals surface area contributed by atoms with Crippen molar-refractivity contribution in [3.63, 3.8) is 0 Å². The van der Waals surface area contributed by atoms with Crippen LogP contribution in [0.15, 0.2) is 18.2 Å². The Balaban J connectivity index is 1.69. The van der Waals surface area contributed by atoms with Gasteiger partial charge in [-0.25, -0.2) is 0 Å². The maximum atomic E-state index is 12.8. The van der Waals surface area contributed by atoms with E-state index in [0.717, 1.165) is 4.90 Å². The second-order valence-corrected chi connectivity index (χ2v) is 8.41. The van der Waals surface area contributed by atoms with E-state index in [0.29, 0.717) is 0 Å². The van der Waals surface area contributed by atoms with Crippen LogP contribution < -0.4 is 5.32 Å². The molecule has 1 aromatic carbocycles. The molecule has 0 radical (unpaired) electrons. The van der Waals surface area contributed by atoms with Gasteiger partial charge in [0.15, 0.2) is 0 Å². The van der Waals surface area contributed by atoms with Crippen LogP contribution in [0.25, 0.3) is 0 Å². The minimum Gasteiger partial charge on any atom is -0.345 e. The molecule has 2 aliphatic rings. The number of rotatable bonds is 2. The lowest BCUT2D eigenvalue weighted by Crippen LogP contribution is -2.49. The number of hydrogen-bond acceptors (Lipinski definition) is 4. The van der Waals surface area contributed by atoms with Crippen molar-refractivity contribution in [2.75, 3.05) is 13.1 Å². The van der Waals surface area contributed by atoms with E-state index in [-0.39, 0.29) is 48.5 Å². The molecular weight excluding hydrogens is 403 g/mol. The lowest BCUT2D eigenvalue weighted by Gasteiger charge is -2.32. The van der Waals surface area contributed by atoms with Crippen molar-refractivity contribution in [3.8, 4) is 0 Å². The lowest BCUT2D eigenvalue weighted by molar-refractivity contribution is -0.174. The van der Waals surface area contributed by atoms with Crippen molar-refractivity contribution in [1.29, 1.82) is 0 Å². The van der Waals surface area contributed by atoms with Gasteiger partial charge in [0.05, 0.1) is 11.1 Å². The fourth-order valence-electron chi connectivity index (χ4n) is 3.66. The van der Waals surface area contributed by atoms with Crippen LogP contribution in [0.4, 0.5) is 13.2 Å². The topological polar surface area (TPSA) is 86.8 Å². The Kier molecular flexibility index (Phi) is 5.38. The molecule has 2 aliphatic heterocycles. The molecule has 162 valence electrons. The molecule has 0 unspecified atom stereocenters. The maximum absolute atomic E-state index is 12.8. The second kappa shape index (κ2) is 7.41. The standard InChI is InChI=1S/C20H22F3N3O4/c1-19(2,3)26-16(28)13-5-4-11(10-14(13)17(26)29)15(27)25-8-6-12(7-9-25)24-18(30)20(21,22)23/h4-5,10,12H,6-9H2,1-3H3,(H,24,30). The third-order valence-corrected chi connectivity index (χ3v) is 5.18. The molecule has 0 spiro atoms. The molecule has 3 rings (SSSR count). The van der Waals surface area contributed by atoms with Gasteiger partial charge < -0.3 is 10.2 Å². The number of fused-ring (bicyclic) bond motifs is 1. The molecule has 0 saturated carbocycles. The molecule has 7 nitrogen and oxygen atoms in total. The first-order valence-corrected chi connectivity index (χ1v) is 9.50. The van der Waals surface area contributed by atoms with Crippen molar-refractivity contribution >= 4 is 23.6 Å². The molecule has 0 bridgehead atoms. The summed E-state index contributed by atoms with van der Waals surface area (Å²) in [7, 11) is 0. The van der Waals surface area contributed by atoms with Crippen LogP contribution >= 0.6 is 0 Å². The van der Waals surface area contributed by atoms with Crippen molar-refractivity contribution in [1.82, 2.24) is 15.1 Å². The van der Waals surface area contributed by atoms with Crippen LogP contribution in [-0.4, -0.2) is 64.3 Å². The number of piperidine rings is 1. The Morgan fingerprint density at radius 1 is 1.00 bits per heavy atom. The molecule has 1 saturated heterocycles. The number of hydrogen-bond donors (Lipinski definition) is 1. The molecule has 2 heterocycles. The number of imide groups is 1. The van der Waals surface area contributed by atoms with Crippen molar-refractivity contribution in [2.45, 2.75) is 51.4 Å². The highest BCUT2D eigenvalue weighted by molar-refractivity contribution is 6.22. The maximum Gasteiger partial charge on any atom is 0.471 e. The summed E-state index contributed by atoms with van der Waals surface area (Å²) in [4.78, 5) is 51.7. The number of carbonyl (C=O) groups excluding carboxylic acids is 4. The SMILES string of the molecule is CC(C)(C)N1C(=O)c2ccc(C(=O)N3CCC(NC(=O)C(F)(F)F)CC3)cc2C1=O. The van der Waals surface area contributed by atoms with E-state index in [4.69, 9.17) is 0 Å². The summed E-state index contributed by atoms with van der Waals surface area (Å²) in [6, 6.07) is 3.64. The summed E-state index contributed by atoms with van der Waals surface area (Å²) in [6.07, 6.45) is -4.57. The fraction of sp³-hybridized carbons (Fsp3) is 0.500.